The third kappa shape index (κ3) is 5.90. The molecule has 1 heteroatoms. The minimum atomic E-state index is 0.350. The summed E-state index contributed by atoms with van der Waals surface area (Å²) in [5, 5.41) is 0. The summed E-state index contributed by atoms with van der Waals surface area (Å²) in [7, 11) is 2.26. The van der Waals surface area contributed by atoms with Gasteiger partial charge in [0.1, 0.15) is 0 Å². The van der Waals surface area contributed by atoms with E-state index in [-0.39, 0.29) is 0 Å². The zero-order valence-corrected chi connectivity index (χ0v) is 13.6. The van der Waals surface area contributed by atoms with Gasteiger partial charge in [0, 0.05) is 5.54 Å². The van der Waals surface area contributed by atoms with Crippen molar-refractivity contribution in [3.8, 4) is 0 Å². The van der Waals surface area contributed by atoms with E-state index in [1.807, 2.05) is 0 Å². The van der Waals surface area contributed by atoms with Crippen LogP contribution < -0.4 is 0 Å². The Bertz CT molecular complexity index is 204. The lowest BCUT2D eigenvalue weighted by atomic mass is 9.76. The number of hydrogen-bond donors (Lipinski definition) is 0. The van der Waals surface area contributed by atoms with Gasteiger partial charge in [-0.1, -0.05) is 41.0 Å². The summed E-state index contributed by atoms with van der Waals surface area (Å²) in [5.41, 5.74) is 0.836. The predicted octanol–water partition coefficient (Wildman–Crippen LogP) is 4.96. The van der Waals surface area contributed by atoms with E-state index in [9.17, 15) is 0 Å². The Labute approximate surface area is 110 Å². The van der Waals surface area contributed by atoms with Crippen molar-refractivity contribution in [2.24, 2.45) is 11.3 Å². The quantitative estimate of drug-likeness (QED) is 0.580. The Morgan fingerprint density at radius 2 is 1.53 bits per heavy atom. The lowest BCUT2D eigenvalue weighted by Crippen LogP contribution is -2.41. The van der Waals surface area contributed by atoms with Crippen molar-refractivity contribution in [1.29, 1.82) is 0 Å². The molecule has 0 N–H and O–H groups in total. The number of hydrogen-bond acceptors (Lipinski definition) is 1. The van der Waals surface area contributed by atoms with Crippen LogP contribution in [0.3, 0.4) is 0 Å². The summed E-state index contributed by atoms with van der Waals surface area (Å²) in [6.45, 7) is 17.7. The zero-order chi connectivity index (χ0) is 13.7. The fourth-order valence-corrected chi connectivity index (χ4v) is 2.09. The Kier molecular flexibility index (Phi) is 6.76. The average Bonchev–Trinajstić information content (AvgIpc) is 2.17. The second-order valence-electron chi connectivity index (χ2n) is 7.23. The molecule has 0 atom stereocenters. The molecule has 0 aromatic carbocycles. The molecule has 0 aromatic heterocycles. The molecule has 0 aliphatic heterocycles. The maximum Gasteiger partial charge on any atom is 0.0150 e. The molecule has 104 valence electrons. The molecule has 0 radical (unpaired) electrons. The van der Waals surface area contributed by atoms with E-state index in [4.69, 9.17) is 0 Å². The third-order valence-corrected chi connectivity index (χ3v) is 4.77. The van der Waals surface area contributed by atoms with Gasteiger partial charge in [-0.25, -0.2) is 0 Å². The summed E-state index contributed by atoms with van der Waals surface area (Å²) in [6, 6.07) is 0. The molecule has 0 aliphatic rings. The molecule has 0 bridgehead atoms. The van der Waals surface area contributed by atoms with Crippen LogP contribution in [0.5, 0.6) is 0 Å². The average molecular weight is 241 g/mol. The molecule has 0 aromatic rings. The predicted molar refractivity (Wildman–Crippen MR) is 79.5 cm³/mol. The highest BCUT2D eigenvalue weighted by Gasteiger charge is 2.26. The van der Waals surface area contributed by atoms with Crippen LogP contribution in [-0.2, 0) is 0 Å². The highest BCUT2D eigenvalue weighted by molar-refractivity contribution is 4.81. The molecule has 1 nitrogen and oxygen atoms in total. The van der Waals surface area contributed by atoms with Gasteiger partial charge in [-0.05, 0) is 58.0 Å². The summed E-state index contributed by atoms with van der Waals surface area (Å²) in [4.78, 5) is 2.51. The molecular formula is C16H35N. The lowest BCUT2D eigenvalue weighted by molar-refractivity contribution is 0.130. The van der Waals surface area contributed by atoms with Gasteiger partial charge in [-0.15, -0.1) is 0 Å². The molecule has 0 saturated heterocycles. The van der Waals surface area contributed by atoms with Crippen molar-refractivity contribution in [3.05, 3.63) is 0 Å². The lowest BCUT2D eigenvalue weighted by Gasteiger charge is -2.37. The van der Waals surface area contributed by atoms with Gasteiger partial charge >= 0.3 is 0 Å². The molecule has 0 rings (SSSR count). The first-order valence-electron chi connectivity index (χ1n) is 7.34. The first-order valence-corrected chi connectivity index (χ1v) is 7.34. The van der Waals surface area contributed by atoms with E-state index in [1.54, 1.807) is 0 Å². The molecule has 0 fully saturated rings. The van der Waals surface area contributed by atoms with Crippen LogP contribution >= 0.6 is 0 Å². The largest absolute Gasteiger partial charge is 0.301 e. The third-order valence-electron chi connectivity index (χ3n) is 4.77. The topological polar surface area (TPSA) is 3.24 Å². The van der Waals surface area contributed by atoms with Crippen LogP contribution in [-0.4, -0.2) is 24.0 Å². The van der Waals surface area contributed by atoms with Gasteiger partial charge in [0.25, 0.3) is 0 Å². The van der Waals surface area contributed by atoms with E-state index in [2.05, 4.69) is 60.4 Å². The van der Waals surface area contributed by atoms with Crippen LogP contribution in [0.15, 0.2) is 0 Å². The van der Waals surface area contributed by atoms with Crippen molar-refractivity contribution in [2.45, 2.75) is 79.7 Å². The highest BCUT2D eigenvalue weighted by Crippen LogP contribution is 2.33. The second kappa shape index (κ2) is 6.78. The standard InChI is InChI=1S/C16H35N/c1-9-13-17(8)16(6,7)12-10-11-15(4,5)14(2)3/h14H,9-13H2,1-8H3. The Morgan fingerprint density at radius 3 is 1.94 bits per heavy atom. The number of nitrogens with zero attached hydrogens (tertiary/aromatic N) is 1. The van der Waals surface area contributed by atoms with Crippen LogP contribution in [0.4, 0.5) is 0 Å². The van der Waals surface area contributed by atoms with Crippen LogP contribution in [0.25, 0.3) is 0 Å². The maximum absolute atomic E-state index is 2.51. The van der Waals surface area contributed by atoms with Crippen molar-refractivity contribution in [3.63, 3.8) is 0 Å². The van der Waals surface area contributed by atoms with Crippen molar-refractivity contribution < 1.29 is 0 Å². The summed E-state index contributed by atoms with van der Waals surface area (Å²) < 4.78 is 0. The zero-order valence-electron chi connectivity index (χ0n) is 13.6. The van der Waals surface area contributed by atoms with Gasteiger partial charge in [0.05, 0.1) is 0 Å². The first-order chi connectivity index (χ1) is 7.63. The van der Waals surface area contributed by atoms with E-state index in [1.165, 1.54) is 32.2 Å². The normalized spacial score (nSPS) is 13.8. The fourth-order valence-electron chi connectivity index (χ4n) is 2.09. The maximum atomic E-state index is 2.51. The van der Waals surface area contributed by atoms with Crippen molar-refractivity contribution >= 4 is 0 Å². The van der Waals surface area contributed by atoms with E-state index < -0.39 is 0 Å². The smallest absolute Gasteiger partial charge is 0.0150 e. The molecule has 0 heterocycles. The molecule has 17 heavy (non-hydrogen) atoms. The van der Waals surface area contributed by atoms with Gasteiger partial charge in [0.2, 0.25) is 0 Å². The minimum Gasteiger partial charge on any atom is -0.301 e. The van der Waals surface area contributed by atoms with Gasteiger partial charge in [-0.2, -0.15) is 0 Å². The Balaban J connectivity index is 4.11. The SMILES string of the molecule is CCCN(C)C(C)(C)CCCC(C)(C)C(C)C. The minimum absolute atomic E-state index is 0.350. The molecule has 0 unspecified atom stereocenters. The molecule has 0 aliphatic carbocycles. The number of rotatable bonds is 8. The van der Waals surface area contributed by atoms with Gasteiger partial charge in [0.15, 0.2) is 0 Å². The first kappa shape index (κ1) is 17.0. The van der Waals surface area contributed by atoms with E-state index >= 15 is 0 Å². The second-order valence-corrected chi connectivity index (χ2v) is 7.23. The van der Waals surface area contributed by atoms with Crippen molar-refractivity contribution in [2.75, 3.05) is 13.6 Å². The van der Waals surface area contributed by atoms with Crippen LogP contribution in [0, 0.1) is 11.3 Å². The van der Waals surface area contributed by atoms with Crippen molar-refractivity contribution in [1.82, 2.24) is 4.90 Å². The molecule has 0 spiro atoms. The van der Waals surface area contributed by atoms with E-state index in [0.29, 0.717) is 11.0 Å². The molecular weight excluding hydrogens is 206 g/mol. The van der Waals surface area contributed by atoms with Gasteiger partial charge in [-0.3, -0.25) is 0 Å². The summed E-state index contributed by atoms with van der Waals surface area (Å²) in [6.07, 6.45) is 5.23. The van der Waals surface area contributed by atoms with Crippen LogP contribution in [0.2, 0.25) is 0 Å². The molecule has 0 saturated carbocycles. The van der Waals surface area contributed by atoms with Crippen LogP contribution in [0.1, 0.15) is 74.1 Å². The fraction of sp³-hybridized carbons (Fsp3) is 1.00. The van der Waals surface area contributed by atoms with E-state index in [0.717, 1.165) is 5.92 Å². The summed E-state index contributed by atoms with van der Waals surface area (Å²) in [5.74, 6) is 0.777. The Morgan fingerprint density at radius 1 is 1.00 bits per heavy atom. The summed E-state index contributed by atoms with van der Waals surface area (Å²) >= 11 is 0. The van der Waals surface area contributed by atoms with Gasteiger partial charge < -0.3 is 4.90 Å². The highest BCUT2D eigenvalue weighted by atomic mass is 15.2. The molecule has 0 amide bonds. The monoisotopic (exact) mass is 241 g/mol. The Hall–Kier alpha value is -0.0400.